The number of rotatable bonds is 6. The lowest BCUT2D eigenvalue weighted by atomic mass is 10.0. The molecule has 2 fully saturated rings. The molecule has 0 unspecified atom stereocenters. The molecule has 174 valence electrons. The normalized spacial score (nSPS) is 20.5. The first kappa shape index (κ1) is 21.9. The Labute approximate surface area is 195 Å². The fraction of sp³-hybridized carbons (Fsp3) is 0.538. The van der Waals surface area contributed by atoms with Crippen LogP contribution in [0.15, 0.2) is 24.3 Å². The second-order valence-electron chi connectivity index (χ2n) is 9.54. The quantitative estimate of drug-likeness (QED) is 0.664. The van der Waals surface area contributed by atoms with Crippen LogP contribution in [0.3, 0.4) is 0 Å². The number of fused-ring (bicyclic) bond motifs is 1. The Kier molecular flexibility index (Phi) is 6.04. The van der Waals surface area contributed by atoms with Gasteiger partial charge in [0.25, 0.3) is 0 Å². The van der Waals surface area contributed by atoms with Gasteiger partial charge in [0.2, 0.25) is 11.8 Å². The van der Waals surface area contributed by atoms with Crippen LogP contribution in [-0.4, -0.2) is 40.3 Å². The van der Waals surface area contributed by atoms with E-state index in [1.807, 2.05) is 36.1 Å². The number of aromatic nitrogens is 2. The third kappa shape index (κ3) is 4.21. The molecule has 1 saturated carbocycles. The lowest BCUT2D eigenvalue weighted by Gasteiger charge is -2.26. The van der Waals surface area contributed by atoms with E-state index in [0.29, 0.717) is 36.9 Å². The third-order valence-corrected chi connectivity index (χ3v) is 7.42. The van der Waals surface area contributed by atoms with Gasteiger partial charge in [-0.2, -0.15) is 0 Å². The van der Waals surface area contributed by atoms with Gasteiger partial charge in [0, 0.05) is 29.8 Å². The average Bonchev–Trinajstić information content (AvgIpc) is 3.56. The van der Waals surface area contributed by atoms with Crippen LogP contribution in [0.4, 0.5) is 5.82 Å². The van der Waals surface area contributed by atoms with Crippen molar-refractivity contribution in [2.24, 2.45) is 5.92 Å². The maximum atomic E-state index is 13.1. The number of carbonyl (C=O) groups excluding carboxylic acids is 2. The van der Waals surface area contributed by atoms with Crippen LogP contribution in [0.2, 0.25) is 0 Å². The molecule has 0 bridgehead atoms. The SMILES string of the molecule is COc1ccccc1CN1C(=O)Cc2c(C)nc([C@@H]3CCCN3C(=O)CC3CCCC3)nc21. The van der Waals surface area contributed by atoms with Gasteiger partial charge in [-0.1, -0.05) is 31.0 Å². The summed E-state index contributed by atoms with van der Waals surface area (Å²) in [6.07, 6.45) is 7.59. The molecule has 5 rings (SSSR count). The number of hydrogen-bond acceptors (Lipinski definition) is 5. The highest BCUT2D eigenvalue weighted by molar-refractivity contribution is 6.00. The van der Waals surface area contributed by atoms with Gasteiger partial charge < -0.3 is 9.64 Å². The Morgan fingerprint density at radius 2 is 1.91 bits per heavy atom. The highest BCUT2D eigenvalue weighted by Gasteiger charge is 2.37. The van der Waals surface area contributed by atoms with Crippen molar-refractivity contribution in [1.29, 1.82) is 0 Å². The Balaban J connectivity index is 1.42. The minimum Gasteiger partial charge on any atom is -0.496 e. The molecule has 2 amide bonds. The fourth-order valence-electron chi connectivity index (χ4n) is 5.63. The highest BCUT2D eigenvalue weighted by Crippen LogP contribution is 2.37. The molecule has 0 N–H and O–H groups in total. The van der Waals surface area contributed by atoms with Crippen LogP contribution in [-0.2, 0) is 22.6 Å². The molecule has 1 aromatic heterocycles. The van der Waals surface area contributed by atoms with E-state index < -0.39 is 0 Å². The number of likely N-dealkylation sites (tertiary alicyclic amines) is 1. The zero-order valence-electron chi connectivity index (χ0n) is 19.5. The lowest BCUT2D eigenvalue weighted by Crippen LogP contribution is -2.33. The van der Waals surface area contributed by atoms with Crippen molar-refractivity contribution in [1.82, 2.24) is 14.9 Å². The third-order valence-electron chi connectivity index (χ3n) is 7.42. The van der Waals surface area contributed by atoms with Crippen LogP contribution < -0.4 is 9.64 Å². The van der Waals surface area contributed by atoms with E-state index in [4.69, 9.17) is 14.7 Å². The zero-order valence-corrected chi connectivity index (χ0v) is 19.5. The first-order valence-electron chi connectivity index (χ1n) is 12.1. The van der Waals surface area contributed by atoms with E-state index >= 15 is 0 Å². The van der Waals surface area contributed by atoms with Gasteiger partial charge in [-0.3, -0.25) is 14.5 Å². The Morgan fingerprint density at radius 1 is 1.12 bits per heavy atom. The van der Waals surface area contributed by atoms with Crippen molar-refractivity contribution in [3.8, 4) is 5.75 Å². The van der Waals surface area contributed by atoms with Gasteiger partial charge in [-0.15, -0.1) is 0 Å². The monoisotopic (exact) mass is 448 g/mol. The van der Waals surface area contributed by atoms with Crippen LogP contribution >= 0.6 is 0 Å². The smallest absolute Gasteiger partial charge is 0.233 e. The first-order chi connectivity index (χ1) is 16.0. The summed E-state index contributed by atoms with van der Waals surface area (Å²) in [7, 11) is 1.64. The zero-order chi connectivity index (χ0) is 22.9. The number of nitrogens with zero attached hydrogens (tertiary/aromatic N) is 4. The van der Waals surface area contributed by atoms with Gasteiger partial charge in [-0.05, 0) is 44.6 Å². The number of amides is 2. The molecule has 7 nitrogen and oxygen atoms in total. The molecule has 1 aromatic carbocycles. The van der Waals surface area contributed by atoms with E-state index in [1.54, 1.807) is 12.0 Å². The van der Waals surface area contributed by atoms with E-state index in [2.05, 4.69) is 0 Å². The summed E-state index contributed by atoms with van der Waals surface area (Å²) >= 11 is 0. The van der Waals surface area contributed by atoms with E-state index in [0.717, 1.165) is 42.0 Å². The Hall–Kier alpha value is -2.96. The second-order valence-corrected chi connectivity index (χ2v) is 9.54. The van der Waals surface area contributed by atoms with Crippen molar-refractivity contribution in [2.45, 2.75) is 70.9 Å². The summed E-state index contributed by atoms with van der Waals surface area (Å²) in [6.45, 7) is 3.11. The van der Waals surface area contributed by atoms with Crippen molar-refractivity contribution in [3.05, 3.63) is 46.9 Å². The number of methoxy groups -OCH3 is 1. The van der Waals surface area contributed by atoms with Crippen molar-refractivity contribution >= 4 is 17.6 Å². The van der Waals surface area contributed by atoms with Gasteiger partial charge >= 0.3 is 0 Å². The summed E-state index contributed by atoms with van der Waals surface area (Å²) in [5, 5.41) is 0. The summed E-state index contributed by atoms with van der Waals surface area (Å²) in [5.74, 6) is 2.88. The first-order valence-corrected chi connectivity index (χ1v) is 12.1. The summed E-state index contributed by atoms with van der Waals surface area (Å²) < 4.78 is 5.49. The molecular weight excluding hydrogens is 416 g/mol. The predicted octanol–water partition coefficient (Wildman–Crippen LogP) is 4.13. The largest absolute Gasteiger partial charge is 0.496 e. The standard InChI is InChI=1S/C26H32N4O3/c1-17-20-15-24(32)30(16-19-10-5-6-12-22(19)33-2)26(20)28-25(27-17)21-11-7-13-29(21)23(31)14-18-8-3-4-9-18/h5-6,10,12,18,21H,3-4,7-9,11,13-16H2,1-2H3/t21-/m0/s1. The molecule has 33 heavy (non-hydrogen) atoms. The van der Waals surface area contributed by atoms with Crippen molar-refractivity contribution in [2.75, 3.05) is 18.6 Å². The van der Waals surface area contributed by atoms with E-state index in [1.165, 1.54) is 25.7 Å². The van der Waals surface area contributed by atoms with Gasteiger partial charge in [0.05, 0.1) is 26.1 Å². The number of benzene rings is 1. The summed E-state index contributed by atoms with van der Waals surface area (Å²) in [4.78, 5) is 39.5. The average molecular weight is 449 g/mol. The summed E-state index contributed by atoms with van der Waals surface area (Å²) in [6, 6.07) is 7.64. The van der Waals surface area contributed by atoms with Crippen LogP contribution in [0.1, 0.15) is 73.6 Å². The number of carbonyl (C=O) groups is 2. The Bertz CT molecular complexity index is 1060. The van der Waals surface area contributed by atoms with Crippen molar-refractivity contribution < 1.29 is 14.3 Å². The number of hydrogen-bond donors (Lipinski definition) is 0. The molecule has 2 aromatic rings. The Morgan fingerprint density at radius 3 is 2.70 bits per heavy atom. The molecule has 2 aliphatic heterocycles. The number of aryl methyl sites for hydroxylation is 1. The maximum Gasteiger partial charge on any atom is 0.233 e. The molecule has 1 aliphatic carbocycles. The molecule has 7 heteroatoms. The predicted molar refractivity (Wildman–Crippen MR) is 125 cm³/mol. The molecule has 0 radical (unpaired) electrons. The molecule has 1 saturated heterocycles. The van der Waals surface area contributed by atoms with E-state index in [-0.39, 0.29) is 17.9 Å². The van der Waals surface area contributed by atoms with Crippen LogP contribution in [0.25, 0.3) is 0 Å². The molecule has 3 heterocycles. The molecular formula is C26H32N4O3. The van der Waals surface area contributed by atoms with Gasteiger partial charge in [0.1, 0.15) is 11.6 Å². The van der Waals surface area contributed by atoms with Crippen LogP contribution in [0.5, 0.6) is 5.75 Å². The van der Waals surface area contributed by atoms with Gasteiger partial charge in [0.15, 0.2) is 5.82 Å². The molecule has 3 aliphatic rings. The minimum atomic E-state index is -0.105. The van der Waals surface area contributed by atoms with Gasteiger partial charge in [-0.25, -0.2) is 9.97 Å². The minimum absolute atomic E-state index is 0.0195. The second kappa shape index (κ2) is 9.12. The maximum absolute atomic E-state index is 13.1. The molecule has 1 atom stereocenters. The highest BCUT2D eigenvalue weighted by atomic mass is 16.5. The topological polar surface area (TPSA) is 75.6 Å². The number of para-hydroxylation sites is 1. The van der Waals surface area contributed by atoms with E-state index in [9.17, 15) is 9.59 Å². The lowest BCUT2D eigenvalue weighted by molar-refractivity contribution is -0.133. The van der Waals surface area contributed by atoms with Crippen LogP contribution in [0, 0.1) is 12.8 Å². The number of anilines is 1. The fourth-order valence-corrected chi connectivity index (χ4v) is 5.63. The summed E-state index contributed by atoms with van der Waals surface area (Å²) in [5.41, 5.74) is 2.66. The van der Waals surface area contributed by atoms with Crippen molar-refractivity contribution in [3.63, 3.8) is 0 Å². The number of ether oxygens (including phenoxy) is 1. The molecule has 0 spiro atoms.